The van der Waals surface area contributed by atoms with Gasteiger partial charge in [0, 0.05) is 23.5 Å². The number of anilines is 2. The van der Waals surface area contributed by atoms with Crippen molar-refractivity contribution in [2.75, 3.05) is 10.5 Å². The van der Waals surface area contributed by atoms with Gasteiger partial charge in [-0.1, -0.05) is 12.1 Å². The molecule has 4 rings (SSSR count). The molecule has 8 nitrogen and oxygen atoms in total. The Labute approximate surface area is 188 Å². The molecule has 0 aliphatic carbocycles. The average Bonchev–Trinajstić information content (AvgIpc) is 3.16. The van der Waals surface area contributed by atoms with Crippen molar-refractivity contribution >= 4 is 38.3 Å². The van der Waals surface area contributed by atoms with Gasteiger partial charge in [0.05, 0.1) is 10.9 Å². The van der Waals surface area contributed by atoms with Gasteiger partial charge in [-0.2, -0.15) is 0 Å². The van der Waals surface area contributed by atoms with Gasteiger partial charge in [-0.3, -0.25) is 9.52 Å². The number of halogens is 2. The highest BCUT2D eigenvalue weighted by atomic mass is 32.2. The van der Waals surface area contributed by atoms with Crippen molar-refractivity contribution in [2.24, 2.45) is 0 Å². The Balaban J connectivity index is 1.73. The Hall–Kier alpha value is -3.86. The van der Waals surface area contributed by atoms with Crippen molar-refractivity contribution < 1.29 is 22.0 Å². The number of carbonyl (C=O) groups excluding carboxylic acids is 1. The number of hydrogen-bond acceptors (Lipinski definition) is 6. The molecule has 0 aliphatic heterocycles. The highest BCUT2D eigenvalue weighted by Gasteiger charge is 2.23. The smallest absolute Gasteiger partial charge is 0.264 e. The van der Waals surface area contributed by atoms with Gasteiger partial charge in [0.1, 0.15) is 34.3 Å². The van der Waals surface area contributed by atoms with Crippen molar-refractivity contribution in [1.29, 1.82) is 0 Å². The Morgan fingerprint density at radius 1 is 1.12 bits per heavy atom. The van der Waals surface area contributed by atoms with E-state index in [1.165, 1.54) is 30.6 Å². The number of nitrogens with zero attached hydrogens (tertiary/aromatic N) is 3. The van der Waals surface area contributed by atoms with Crippen LogP contribution >= 0.6 is 0 Å². The van der Waals surface area contributed by atoms with E-state index in [1.54, 1.807) is 10.8 Å². The molecule has 0 aliphatic rings. The van der Waals surface area contributed by atoms with Crippen LogP contribution in [0, 0.1) is 11.6 Å². The van der Waals surface area contributed by atoms with E-state index in [0.717, 1.165) is 12.1 Å². The molecule has 0 bridgehead atoms. The van der Waals surface area contributed by atoms with Gasteiger partial charge in [0.15, 0.2) is 5.78 Å². The van der Waals surface area contributed by atoms with Crippen molar-refractivity contribution in [3.05, 3.63) is 77.8 Å². The van der Waals surface area contributed by atoms with Gasteiger partial charge in [-0.05, 0) is 44.2 Å². The van der Waals surface area contributed by atoms with Crippen LogP contribution in [-0.4, -0.2) is 28.7 Å². The number of nitrogens with one attached hydrogen (secondary N) is 1. The number of nitrogens with two attached hydrogens (primary N) is 1. The Kier molecular flexibility index (Phi) is 5.58. The van der Waals surface area contributed by atoms with E-state index in [2.05, 4.69) is 14.7 Å². The second-order valence-corrected chi connectivity index (χ2v) is 9.24. The summed E-state index contributed by atoms with van der Waals surface area (Å²) in [5.74, 6) is -2.30. The van der Waals surface area contributed by atoms with Crippen LogP contribution in [0.4, 0.5) is 20.3 Å². The first-order valence-electron chi connectivity index (χ1n) is 9.82. The Bertz CT molecular complexity index is 1500. The molecule has 11 heteroatoms. The van der Waals surface area contributed by atoms with E-state index in [-0.39, 0.29) is 28.7 Å². The fraction of sp³-hybridized carbons (Fsp3) is 0.136. The maximum Gasteiger partial charge on any atom is 0.264 e. The lowest BCUT2D eigenvalue weighted by Gasteiger charge is -2.10. The quantitative estimate of drug-likeness (QED) is 0.412. The van der Waals surface area contributed by atoms with Crippen molar-refractivity contribution in [3.63, 3.8) is 0 Å². The summed E-state index contributed by atoms with van der Waals surface area (Å²) in [4.78, 5) is 20.7. The monoisotopic (exact) mass is 471 g/mol. The number of rotatable bonds is 6. The molecular formula is C22H19F2N5O3S. The maximum atomic E-state index is 14.0. The fourth-order valence-corrected chi connectivity index (χ4v) is 4.59. The zero-order valence-corrected chi connectivity index (χ0v) is 18.4. The first-order chi connectivity index (χ1) is 15.6. The molecule has 0 fully saturated rings. The molecule has 3 N–H and O–H groups in total. The number of ketones is 1. The molecule has 0 spiro atoms. The predicted octanol–water partition coefficient (Wildman–Crippen LogP) is 3.90. The van der Waals surface area contributed by atoms with E-state index in [0.29, 0.717) is 17.1 Å². The summed E-state index contributed by atoms with van der Waals surface area (Å²) < 4.78 is 56.6. The lowest BCUT2D eigenvalue weighted by atomic mass is 10.0. The summed E-state index contributed by atoms with van der Waals surface area (Å²) in [6.07, 6.45) is 2.94. The van der Waals surface area contributed by atoms with Crippen LogP contribution in [0.3, 0.4) is 0 Å². The molecular weight excluding hydrogens is 452 g/mol. The number of fused-ring (bicyclic) bond motifs is 1. The largest absolute Gasteiger partial charge is 0.383 e. The number of aromatic nitrogens is 3. The van der Waals surface area contributed by atoms with Crippen molar-refractivity contribution in [2.45, 2.75) is 24.8 Å². The molecule has 170 valence electrons. The minimum Gasteiger partial charge on any atom is -0.383 e. The number of nitrogen functional groups attached to an aromatic ring is 1. The third kappa shape index (κ3) is 4.14. The van der Waals surface area contributed by atoms with Crippen LogP contribution < -0.4 is 10.5 Å². The van der Waals surface area contributed by atoms with Gasteiger partial charge < -0.3 is 10.3 Å². The second-order valence-electron chi connectivity index (χ2n) is 7.59. The van der Waals surface area contributed by atoms with Gasteiger partial charge in [0.2, 0.25) is 0 Å². The molecule has 0 unspecified atom stereocenters. The van der Waals surface area contributed by atoms with E-state index in [1.807, 2.05) is 13.8 Å². The van der Waals surface area contributed by atoms with E-state index < -0.39 is 32.3 Å². The molecule has 0 saturated carbocycles. The van der Waals surface area contributed by atoms with Crippen LogP contribution in [0.2, 0.25) is 0 Å². The molecule has 4 aromatic rings. The summed E-state index contributed by atoms with van der Waals surface area (Å²) in [5.41, 5.74) is 6.93. The molecule has 2 heterocycles. The predicted molar refractivity (Wildman–Crippen MR) is 119 cm³/mol. The fourth-order valence-electron chi connectivity index (χ4n) is 3.45. The third-order valence-corrected chi connectivity index (χ3v) is 6.40. The van der Waals surface area contributed by atoms with Crippen molar-refractivity contribution in [1.82, 2.24) is 14.5 Å². The van der Waals surface area contributed by atoms with Gasteiger partial charge in [0.25, 0.3) is 10.0 Å². The van der Waals surface area contributed by atoms with Gasteiger partial charge in [-0.25, -0.2) is 27.2 Å². The maximum absolute atomic E-state index is 14.0. The zero-order valence-electron chi connectivity index (χ0n) is 17.6. The topological polar surface area (TPSA) is 120 Å². The highest BCUT2D eigenvalue weighted by Crippen LogP contribution is 2.29. The summed E-state index contributed by atoms with van der Waals surface area (Å²) in [6, 6.07) is 7.77. The number of carbonyl (C=O) groups is 1. The number of benzene rings is 2. The van der Waals surface area contributed by atoms with E-state index in [9.17, 15) is 22.0 Å². The van der Waals surface area contributed by atoms with Crippen LogP contribution in [-0.2, 0) is 10.0 Å². The average molecular weight is 471 g/mol. The van der Waals surface area contributed by atoms with E-state index in [4.69, 9.17) is 5.73 Å². The second kappa shape index (κ2) is 8.24. The standard InChI is InChI=1S/C22H19F2N5O3S/c1-12(2)29-10-16(19-21(25)26-11-27-22(19)29)20(30)13-4-3-5-15(8-13)28-33(31,32)18-9-14(23)6-7-17(18)24/h3-12,28H,1-2H3,(H2,25,26,27). The molecule has 0 saturated heterocycles. The van der Waals surface area contributed by atoms with Gasteiger partial charge in [-0.15, -0.1) is 0 Å². The Morgan fingerprint density at radius 2 is 1.88 bits per heavy atom. The highest BCUT2D eigenvalue weighted by molar-refractivity contribution is 7.92. The molecule has 0 amide bonds. The summed E-state index contributed by atoms with van der Waals surface area (Å²) in [6.45, 7) is 3.85. The van der Waals surface area contributed by atoms with Crippen LogP contribution in [0.1, 0.15) is 35.8 Å². The van der Waals surface area contributed by atoms with Crippen LogP contribution in [0.5, 0.6) is 0 Å². The SMILES string of the molecule is CC(C)n1cc(C(=O)c2cccc(NS(=O)(=O)c3cc(F)ccc3F)c2)c2c(N)ncnc21. The first kappa shape index (κ1) is 22.3. The van der Waals surface area contributed by atoms with Crippen LogP contribution in [0.25, 0.3) is 11.0 Å². The molecule has 0 atom stereocenters. The summed E-state index contributed by atoms with van der Waals surface area (Å²) in [5, 5.41) is 0.393. The molecule has 0 radical (unpaired) electrons. The minimum atomic E-state index is -4.44. The molecule has 33 heavy (non-hydrogen) atoms. The summed E-state index contributed by atoms with van der Waals surface area (Å²) >= 11 is 0. The number of hydrogen-bond donors (Lipinski definition) is 2. The minimum absolute atomic E-state index is 0.00123. The van der Waals surface area contributed by atoms with E-state index >= 15 is 0 Å². The van der Waals surface area contributed by atoms with Crippen LogP contribution in [0.15, 0.2) is 59.9 Å². The Morgan fingerprint density at radius 3 is 2.61 bits per heavy atom. The lowest BCUT2D eigenvalue weighted by molar-refractivity contribution is 0.104. The normalized spacial score (nSPS) is 11.8. The molecule has 2 aromatic heterocycles. The first-order valence-corrected chi connectivity index (χ1v) is 11.3. The van der Waals surface area contributed by atoms with Crippen molar-refractivity contribution in [3.8, 4) is 0 Å². The zero-order chi connectivity index (χ0) is 23.9. The number of sulfonamides is 1. The molecule has 2 aromatic carbocycles. The van der Waals surface area contributed by atoms with Gasteiger partial charge >= 0.3 is 0 Å². The third-order valence-electron chi connectivity index (χ3n) is 5.00. The lowest BCUT2D eigenvalue weighted by Crippen LogP contribution is -2.15. The summed E-state index contributed by atoms with van der Waals surface area (Å²) in [7, 11) is -4.44.